The first-order chi connectivity index (χ1) is 9.54. The Morgan fingerprint density at radius 1 is 1.40 bits per heavy atom. The van der Waals surface area contributed by atoms with E-state index in [1.165, 1.54) is 0 Å². The van der Waals surface area contributed by atoms with Crippen LogP contribution in [0.1, 0.15) is 34.9 Å². The molecule has 5 heteroatoms. The van der Waals surface area contributed by atoms with E-state index in [0.29, 0.717) is 22.4 Å². The molecular weight excluding hydrogens is 276 g/mol. The summed E-state index contributed by atoms with van der Waals surface area (Å²) >= 11 is 5.99. The van der Waals surface area contributed by atoms with Gasteiger partial charge in [-0.2, -0.15) is 0 Å². The number of benzene rings is 1. The number of rotatable bonds is 3. The zero-order valence-corrected chi connectivity index (χ0v) is 11.8. The number of aromatic nitrogens is 1. The molecule has 1 aromatic carbocycles. The zero-order valence-electron chi connectivity index (χ0n) is 11.1. The van der Waals surface area contributed by atoms with Gasteiger partial charge in [0.1, 0.15) is 11.4 Å². The number of phenols is 1. The van der Waals surface area contributed by atoms with Crippen molar-refractivity contribution in [3.63, 3.8) is 0 Å². The lowest BCUT2D eigenvalue weighted by Gasteiger charge is -2.09. The number of nitrogens with one attached hydrogen (secondary N) is 1. The molecule has 0 radical (unpaired) electrons. The van der Waals surface area contributed by atoms with Crippen LogP contribution in [0.3, 0.4) is 0 Å². The SMILES string of the molecule is Cc1ccc(NC(=O)c2cc(Cl)cn2C2CC2)cc1O. The first-order valence-corrected chi connectivity index (χ1v) is 6.91. The minimum Gasteiger partial charge on any atom is -0.508 e. The van der Waals surface area contributed by atoms with Crippen LogP contribution in [-0.2, 0) is 0 Å². The standard InChI is InChI=1S/C15H15ClN2O2/c1-9-2-3-11(7-14(9)19)17-15(20)13-6-10(16)8-18(13)12-4-5-12/h2-3,6-8,12,19H,4-5H2,1H3,(H,17,20). The second kappa shape index (κ2) is 4.87. The van der Waals surface area contributed by atoms with Crippen molar-refractivity contribution in [1.82, 2.24) is 4.57 Å². The summed E-state index contributed by atoms with van der Waals surface area (Å²) in [5, 5.41) is 13.0. The van der Waals surface area contributed by atoms with E-state index in [1.807, 2.05) is 4.57 Å². The van der Waals surface area contributed by atoms with Gasteiger partial charge in [0.05, 0.1) is 5.02 Å². The average Bonchev–Trinajstić information content (AvgIpc) is 3.17. The van der Waals surface area contributed by atoms with E-state index >= 15 is 0 Å². The first-order valence-electron chi connectivity index (χ1n) is 6.53. The first kappa shape index (κ1) is 13.1. The Bertz CT molecular complexity index is 675. The van der Waals surface area contributed by atoms with Gasteiger partial charge in [0.25, 0.3) is 5.91 Å². The van der Waals surface area contributed by atoms with Crippen molar-refractivity contribution >= 4 is 23.2 Å². The summed E-state index contributed by atoms with van der Waals surface area (Å²) in [6.07, 6.45) is 3.95. The van der Waals surface area contributed by atoms with Gasteiger partial charge in [0.2, 0.25) is 0 Å². The molecule has 0 saturated heterocycles. The number of phenolic OH excluding ortho intramolecular Hbond substituents is 1. The predicted molar refractivity (Wildman–Crippen MR) is 78.5 cm³/mol. The molecule has 0 atom stereocenters. The number of carbonyl (C=O) groups is 1. The highest BCUT2D eigenvalue weighted by Crippen LogP contribution is 2.37. The number of aryl methyl sites for hydroxylation is 1. The van der Waals surface area contributed by atoms with Gasteiger partial charge in [-0.05, 0) is 37.5 Å². The van der Waals surface area contributed by atoms with Crippen LogP contribution >= 0.6 is 11.6 Å². The van der Waals surface area contributed by atoms with Gasteiger partial charge in [0.15, 0.2) is 0 Å². The average molecular weight is 291 g/mol. The second-order valence-corrected chi connectivity index (χ2v) is 5.57. The summed E-state index contributed by atoms with van der Waals surface area (Å²) in [6.45, 7) is 1.80. The van der Waals surface area contributed by atoms with E-state index in [1.54, 1.807) is 37.4 Å². The molecule has 4 nitrogen and oxygen atoms in total. The van der Waals surface area contributed by atoms with Crippen molar-refractivity contribution in [2.75, 3.05) is 5.32 Å². The number of carbonyl (C=O) groups excluding carboxylic acids is 1. The highest BCUT2D eigenvalue weighted by atomic mass is 35.5. The number of hydrogen-bond acceptors (Lipinski definition) is 2. The summed E-state index contributed by atoms with van der Waals surface area (Å²) in [5.74, 6) is -0.0505. The van der Waals surface area contributed by atoms with Gasteiger partial charge >= 0.3 is 0 Å². The minimum atomic E-state index is -0.216. The third kappa shape index (κ3) is 2.51. The largest absolute Gasteiger partial charge is 0.508 e. The molecule has 2 N–H and O–H groups in total. The predicted octanol–water partition coefficient (Wildman–Crippen LogP) is 3.74. The molecule has 1 aliphatic carbocycles. The minimum absolute atomic E-state index is 0.165. The Balaban J connectivity index is 1.84. The number of nitrogens with zero attached hydrogens (tertiary/aromatic N) is 1. The van der Waals surface area contributed by atoms with Crippen LogP contribution in [0.5, 0.6) is 5.75 Å². The van der Waals surface area contributed by atoms with Crippen LogP contribution in [0.2, 0.25) is 5.02 Å². The normalized spacial score (nSPS) is 14.3. The van der Waals surface area contributed by atoms with Crippen LogP contribution in [0.4, 0.5) is 5.69 Å². The molecule has 0 bridgehead atoms. The fraction of sp³-hybridized carbons (Fsp3) is 0.267. The Labute approximate surface area is 122 Å². The summed E-state index contributed by atoms with van der Waals surface area (Å²) in [5.41, 5.74) is 1.89. The second-order valence-electron chi connectivity index (χ2n) is 5.14. The highest BCUT2D eigenvalue weighted by molar-refractivity contribution is 6.31. The highest BCUT2D eigenvalue weighted by Gasteiger charge is 2.27. The van der Waals surface area contributed by atoms with Crippen molar-refractivity contribution < 1.29 is 9.90 Å². The molecule has 104 valence electrons. The molecular formula is C15H15ClN2O2. The Hall–Kier alpha value is -1.94. The number of aromatic hydroxyl groups is 1. The maximum absolute atomic E-state index is 12.3. The monoisotopic (exact) mass is 290 g/mol. The molecule has 1 saturated carbocycles. The Kier molecular flexibility index (Phi) is 3.18. The van der Waals surface area contributed by atoms with Crippen molar-refractivity contribution in [2.24, 2.45) is 0 Å². The van der Waals surface area contributed by atoms with Crippen molar-refractivity contribution in [1.29, 1.82) is 0 Å². The van der Waals surface area contributed by atoms with Crippen molar-refractivity contribution in [3.8, 4) is 5.75 Å². The van der Waals surface area contributed by atoms with E-state index < -0.39 is 0 Å². The summed E-state index contributed by atoms with van der Waals surface area (Å²) < 4.78 is 1.92. The van der Waals surface area contributed by atoms with Gasteiger partial charge in [0, 0.05) is 24.0 Å². The van der Waals surface area contributed by atoms with Gasteiger partial charge in [-0.1, -0.05) is 17.7 Å². The Morgan fingerprint density at radius 2 is 2.15 bits per heavy atom. The van der Waals surface area contributed by atoms with E-state index in [9.17, 15) is 9.90 Å². The number of hydrogen-bond donors (Lipinski definition) is 2. The zero-order chi connectivity index (χ0) is 14.3. The molecule has 0 aliphatic heterocycles. The van der Waals surface area contributed by atoms with Crippen LogP contribution in [0.15, 0.2) is 30.5 Å². The number of amides is 1. The molecule has 0 unspecified atom stereocenters. The topological polar surface area (TPSA) is 54.3 Å². The van der Waals surface area contributed by atoms with Crippen molar-refractivity contribution in [2.45, 2.75) is 25.8 Å². The third-order valence-electron chi connectivity index (χ3n) is 3.46. The van der Waals surface area contributed by atoms with Crippen LogP contribution in [0.25, 0.3) is 0 Å². The molecule has 0 spiro atoms. The maximum atomic E-state index is 12.3. The Morgan fingerprint density at radius 3 is 2.80 bits per heavy atom. The smallest absolute Gasteiger partial charge is 0.272 e. The summed E-state index contributed by atoms with van der Waals surface area (Å²) in [7, 11) is 0. The van der Waals surface area contributed by atoms with Gasteiger partial charge in [-0.25, -0.2) is 0 Å². The lowest BCUT2D eigenvalue weighted by Crippen LogP contribution is -2.16. The van der Waals surface area contributed by atoms with E-state index in [4.69, 9.17) is 11.6 Å². The van der Waals surface area contributed by atoms with E-state index in [2.05, 4.69) is 5.32 Å². The summed E-state index contributed by atoms with van der Waals surface area (Å²) in [6, 6.07) is 7.12. The van der Waals surface area contributed by atoms with Gasteiger partial charge < -0.3 is 15.0 Å². The molecule has 20 heavy (non-hydrogen) atoms. The fourth-order valence-electron chi connectivity index (χ4n) is 2.16. The molecule has 1 heterocycles. The quantitative estimate of drug-likeness (QED) is 0.904. The molecule has 1 amide bonds. The van der Waals surface area contributed by atoms with Gasteiger partial charge in [-0.15, -0.1) is 0 Å². The third-order valence-corrected chi connectivity index (χ3v) is 3.66. The van der Waals surface area contributed by atoms with Crippen LogP contribution in [0, 0.1) is 6.92 Å². The van der Waals surface area contributed by atoms with Crippen LogP contribution in [-0.4, -0.2) is 15.6 Å². The number of anilines is 1. The fourth-order valence-corrected chi connectivity index (χ4v) is 2.37. The molecule has 1 fully saturated rings. The lowest BCUT2D eigenvalue weighted by molar-refractivity contribution is 0.101. The van der Waals surface area contributed by atoms with E-state index in [-0.39, 0.29) is 11.7 Å². The molecule has 1 aromatic heterocycles. The van der Waals surface area contributed by atoms with Crippen LogP contribution < -0.4 is 5.32 Å². The number of halogens is 1. The lowest BCUT2D eigenvalue weighted by atomic mass is 10.2. The molecule has 1 aliphatic rings. The summed E-state index contributed by atoms with van der Waals surface area (Å²) in [4.78, 5) is 12.3. The van der Waals surface area contributed by atoms with Gasteiger partial charge in [-0.3, -0.25) is 4.79 Å². The van der Waals surface area contributed by atoms with E-state index in [0.717, 1.165) is 18.4 Å². The molecule has 2 aromatic rings. The maximum Gasteiger partial charge on any atom is 0.272 e. The molecule has 3 rings (SSSR count). The van der Waals surface area contributed by atoms with Crippen molar-refractivity contribution in [3.05, 3.63) is 46.7 Å².